The number of hydrogen-bond donors (Lipinski definition) is 1. The fourth-order valence-electron chi connectivity index (χ4n) is 5.30. The Hall–Kier alpha value is -2.72. The summed E-state index contributed by atoms with van der Waals surface area (Å²) in [5.41, 5.74) is 0.813. The zero-order valence-electron chi connectivity index (χ0n) is 23.3. The second kappa shape index (κ2) is 10.4. The van der Waals surface area contributed by atoms with Crippen LogP contribution in [0.3, 0.4) is 0 Å². The number of aliphatic hydroxyl groups is 1. The molecule has 1 aromatic heterocycles. The lowest BCUT2D eigenvalue weighted by molar-refractivity contribution is 0.000199. The molecular weight excluding hydrogens is 511 g/mol. The normalized spacial score (nSPS) is 27.8. The molecule has 4 rings (SSSR count). The topological polar surface area (TPSA) is 93.9 Å². The number of hydrogen-bond acceptors (Lipinski definition) is 8. The third-order valence-electron chi connectivity index (χ3n) is 7.14. The predicted octanol–water partition coefficient (Wildman–Crippen LogP) is 4.47. The molecule has 1 N–H and O–H groups in total. The summed E-state index contributed by atoms with van der Waals surface area (Å²) in [6.07, 6.45) is 2.01. The number of carbonyl (C=O) groups excluding carboxylic acids is 1. The number of allylic oxidation sites excluding steroid dienone is 1. The van der Waals surface area contributed by atoms with E-state index in [0.717, 1.165) is 5.57 Å². The first-order valence-corrected chi connectivity index (χ1v) is 13.4. The van der Waals surface area contributed by atoms with Crippen LogP contribution in [0.25, 0.3) is 0 Å². The number of aromatic nitrogens is 1. The number of carbonyl (C=O) groups is 1. The summed E-state index contributed by atoms with van der Waals surface area (Å²) < 4.78 is 20.4. The van der Waals surface area contributed by atoms with Crippen molar-refractivity contribution in [3.63, 3.8) is 0 Å². The summed E-state index contributed by atoms with van der Waals surface area (Å²) >= 11 is 6.17. The van der Waals surface area contributed by atoms with Crippen molar-refractivity contribution < 1.29 is 19.0 Å². The zero-order valence-corrected chi connectivity index (χ0v) is 24.1. The van der Waals surface area contributed by atoms with Gasteiger partial charge in [-0.1, -0.05) is 25.4 Å². The van der Waals surface area contributed by atoms with E-state index in [-0.39, 0.29) is 41.3 Å². The first-order chi connectivity index (χ1) is 17.7. The maximum atomic E-state index is 14.8. The largest absolute Gasteiger partial charge is 0.444 e. The Morgan fingerprint density at radius 2 is 1.92 bits per heavy atom. The van der Waals surface area contributed by atoms with Crippen LogP contribution in [0.1, 0.15) is 61.0 Å². The molecule has 38 heavy (non-hydrogen) atoms. The smallest absolute Gasteiger partial charge is 0.410 e. The molecule has 9 nitrogen and oxygen atoms in total. The zero-order chi connectivity index (χ0) is 28.1. The van der Waals surface area contributed by atoms with Crippen molar-refractivity contribution in [2.24, 2.45) is 15.9 Å². The lowest BCUT2D eigenvalue weighted by atomic mass is 9.88. The molecule has 208 valence electrons. The van der Waals surface area contributed by atoms with E-state index in [1.165, 1.54) is 6.07 Å². The maximum Gasteiger partial charge on any atom is 0.410 e. The molecule has 5 atom stereocenters. The van der Waals surface area contributed by atoms with Crippen LogP contribution in [0.2, 0.25) is 5.15 Å². The molecule has 4 heterocycles. The summed E-state index contributed by atoms with van der Waals surface area (Å²) in [5, 5.41) is 11.2. The molecule has 3 unspecified atom stereocenters. The van der Waals surface area contributed by atoms with Gasteiger partial charge < -0.3 is 24.5 Å². The van der Waals surface area contributed by atoms with E-state index in [0.29, 0.717) is 30.3 Å². The van der Waals surface area contributed by atoms with Crippen LogP contribution >= 0.6 is 11.6 Å². The third kappa shape index (κ3) is 5.38. The van der Waals surface area contributed by atoms with Gasteiger partial charge in [0.15, 0.2) is 11.0 Å². The first kappa shape index (κ1) is 28.3. The van der Waals surface area contributed by atoms with Gasteiger partial charge >= 0.3 is 6.09 Å². The number of rotatable bonds is 2. The summed E-state index contributed by atoms with van der Waals surface area (Å²) in [6, 6.07) is 0.424. The van der Waals surface area contributed by atoms with Gasteiger partial charge in [-0.15, -0.1) is 0 Å². The Bertz CT molecular complexity index is 1180. The fourth-order valence-corrected chi connectivity index (χ4v) is 5.43. The van der Waals surface area contributed by atoms with Crippen LogP contribution in [0.15, 0.2) is 27.7 Å². The summed E-state index contributed by atoms with van der Waals surface area (Å²) in [6.45, 7) is 16.3. The highest BCUT2D eigenvalue weighted by Crippen LogP contribution is 2.37. The molecule has 11 heteroatoms. The number of amides is 1. The van der Waals surface area contributed by atoms with Gasteiger partial charge in [0.2, 0.25) is 6.35 Å². The lowest BCUT2D eigenvalue weighted by Crippen LogP contribution is -2.61. The molecule has 3 aliphatic rings. The standard InChI is InChI=1S/C27H38ClFN6O3/c1-14(2)20-21(15(3)9-10-30-20)35-24-18(11-19(29)22(28)31-24)23(32-25(35)36)33-12-17(5)34(13-16(33)4)26(37)38-27(6,7)8/h9-11,14,16-17,20-21,25,36H,12-13H2,1-8H3/t16-,17+,20?,21?,25?/m0/s1. The number of fused-ring (bicyclic) bond motifs is 1. The highest BCUT2D eigenvalue weighted by atomic mass is 35.5. The van der Waals surface area contributed by atoms with E-state index in [4.69, 9.17) is 16.3 Å². The van der Waals surface area contributed by atoms with Crippen molar-refractivity contribution >= 4 is 35.6 Å². The van der Waals surface area contributed by atoms with E-state index in [2.05, 4.69) is 28.8 Å². The number of pyridine rings is 1. The molecule has 1 fully saturated rings. The second-order valence-corrected chi connectivity index (χ2v) is 12.1. The highest BCUT2D eigenvalue weighted by Gasteiger charge is 2.43. The fraction of sp³-hybridized carbons (Fsp3) is 0.630. The van der Waals surface area contributed by atoms with E-state index < -0.39 is 17.8 Å². The number of anilines is 1. The van der Waals surface area contributed by atoms with Gasteiger partial charge in [-0.2, -0.15) is 0 Å². The van der Waals surface area contributed by atoms with Crippen LogP contribution in [0.5, 0.6) is 0 Å². The minimum atomic E-state index is -1.29. The number of dihydropyridines is 1. The van der Waals surface area contributed by atoms with Crippen LogP contribution in [0.4, 0.5) is 15.0 Å². The number of aliphatic imine (C=N–C) groups is 2. The van der Waals surface area contributed by atoms with Crippen molar-refractivity contribution in [2.75, 3.05) is 18.0 Å². The van der Waals surface area contributed by atoms with Gasteiger partial charge in [-0.3, -0.25) is 4.99 Å². The van der Waals surface area contributed by atoms with Crippen LogP contribution in [0, 0.1) is 11.7 Å². The molecule has 0 aliphatic carbocycles. The van der Waals surface area contributed by atoms with Crippen molar-refractivity contribution in [3.8, 4) is 0 Å². The molecular formula is C27H38ClFN6O3. The van der Waals surface area contributed by atoms with Crippen molar-refractivity contribution in [3.05, 3.63) is 34.2 Å². The number of ether oxygens (including phenoxy) is 1. The molecule has 0 aromatic carbocycles. The summed E-state index contributed by atoms with van der Waals surface area (Å²) in [5.74, 6) is 0.261. The molecule has 3 aliphatic heterocycles. The molecule has 0 saturated carbocycles. The second-order valence-electron chi connectivity index (χ2n) is 11.7. The molecule has 1 amide bonds. The quantitative estimate of drug-likeness (QED) is 0.548. The number of amidine groups is 1. The van der Waals surface area contributed by atoms with Crippen molar-refractivity contribution in [1.82, 2.24) is 14.8 Å². The molecule has 0 radical (unpaired) electrons. The number of halogens is 2. The Morgan fingerprint density at radius 3 is 2.55 bits per heavy atom. The molecule has 0 bridgehead atoms. The Morgan fingerprint density at radius 1 is 1.24 bits per heavy atom. The minimum Gasteiger partial charge on any atom is -0.444 e. The van der Waals surface area contributed by atoms with Gasteiger partial charge in [0.25, 0.3) is 0 Å². The lowest BCUT2D eigenvalue weighted by Gasteiger charge is -2.48. The average molecular weight is 549 g/mol. The van der Waals surface area contributed by atoms with Crippen LogP contribution in [-0.2, 0) is 4.74 Å². The van der Waals surface area contributed by atoms with Gasteiger partial charge in [-0.05, 0) is 65.2 Å². The summed E-state index contributed by atoms with van der Waals surface area (Å²) in [4.78, 5) is 32.0. The minimum absolute atomic E-state index is 0.165. The molecule has 1 saturated heterocycles. The monoisotopic (exact) mass is 548 g/mol. The Balaban J connectivity index is 1.72. The SMILES string of the molecule is CC1=CC=NC(C(C)C)C1N1c2nc(Cl)c(F)cc2C(N2C[C@@H](C)N(C(=O)OC(C)(C)C)C[C@@H]2C)=NC1O. The number of aliphatic hydroxyl groups excluding tert-OH is 1. The summed E-state index contributed by atoms with van der Waals surface area (Å²) in [7, 11) is 0. The number of piperazine rings is 1. The van der Waals surface area contributed by atoms with E-state index >= 15 is 0 Å². The molecule has 0 spiro atoms. The highest BCUT2D eigenvalue weighted by molar-refractivity contribution is 6.29. The molecule has 1 aromatic rings. The van der Waals surface area contributed by atoms with Crippen LogP contribution < -0.4 is 4.90 Å². The predicted molar refractivity (Wildman–Crippen MR) is 147 cm³/mol. The third-order valence-corrected chi connectivity index (χ3v) is 7.40. The maximum absolute atomic E-state index is 14.8. The Labute approximate surface area is 229 Å². The van der Waals surface area contributed by atoms with Gasteiger partial charge in [0.1, 0.15) is 17.3 Å². The Kier molecular flexibility index (Phi) is 7.78. The average Bonchev–Trinajstić information content (AvgIpc) is 2.80. The van der Waals surface area contributed by atoms with Crippen molar-refractivity contribution in [2.45, 2.75) is 91.5 Å². The van der Waals surface area contributed by atoms with E-state index in [9.17, 15) is 14.3 Å². The van der Waals surface area contributed by atoms with Gasteiger partial charge in [0.05, 0.1) is 17.6 Å². The van der Waals surface area contributed by atoms with E-state index in [1.807, 2.05) is 52.5 Å². The van der Waals surface area contributed by atoms with E-state index in [1.54, 1.807) is 16.0 Å². The van der Waals surface area contributed by atoms with Gasteiger partial charge in [0, 0.05) is 31.4 Å². The number of nitrogens with zero attached hydrogens (tertiary/aromatic N) is 6. The van der Waals surface area contributed by atoms with Crippen molar-refractivity contribution in [1.29, 1.82) is 0 Å². The van der Waals surface area contributed by atoms with Gasteiger partial charge in [-0.25, -0.2) is 19.2 Å². The van der Waals surface area contributed by atoms with Crippen LogP contribution in [-0.4, -0.2) is 87.2 Å². The first-order valence-electron chi connectivity index (χ1n) is 13.1.